The largest absolute Gasteiger partial charge is 0.478 e. The van der Waals surface area contributed by atoms with E-state index in [0.29, 0.717) is 11.4 Å². The van der Waals surface area contributed by atoms with Gasteiger partial charge < -0.3 is 10.4 Å². The highest BCUT2D eigenvalue weighted by atomic mass is 35.5. The maximum absolute atomic E-state index is 12.0. The number of nitrogens with zero attached hydrogens (tertiary/aromatic N) is 2. The molecule has 0 bridgehead atoms. The van der Waals surface area contributed by atoms with Crippen molar-refractivity contribution < 1.29 is 9.90 Å². The van der Waals surface area contributed by atoms with Crippen LogP contribution in [0.15, 0.2) is 35.3 Å². The summed E-state index contributed by atoms with van der Waals surface area (Å²) in [6, 6.07) is 5.78. The second-order valence-electron chi connectivity index (χ2n) is 3.69. The van der Waals surface area contributed by atoms with E-state index in [0.717, 1.165) is 4.68 Å². The summed E-state index contributed by atoms with van der Waals surface area (Å²) in [4.78, 5) is 22.7. The van der Waals surface area contributed by atoms with Crippen molar-refractivity contribution in [2.75, 3.05) is 12.4 Å². The van der Waals surface area contributed by atoms with Gasteiger partial charge in [-0.2, -0.15) is 9.78 Å². The Kier molecular flexibility index (Phi) is 3.52. The first-order valence-electron chi connectivity index (χ1n) is 5.34. The van der Waals surface area contributed by atoms with E-state index in [1.54, 1.807) is 7.05 Å². The first-order valence-corrected chi connectivity index (χ1v) is 5.71. The number of carboxylic acids is 1. The fraction of sp³-hybridized carbons (Fsp3) is 0.0833. The van der Waals surface area contributed by atoms with Crippen LogP contribution in [0.3, 0.4) is 0 Å². The van der Waals surface area contributed by atoms with Crippen molar-refractivity contribution in [3.8, 4) is 5.69 Å². The van der Waals surface area contributed by atoms with E-state index in [2.05, 4.69) is 10.4 Å². The van der Waals surface area contributed by atoms with E-state index in [1.807, 2.05) is 0 Å². The van der Waals surface area contributed by atoms with Crippen molar-refractivity contribution in [3.63, 3.8) is 0 Å². The highest BCUT2D eigenvalue weighted by Gasteiger charge is 2.10. The molecule has 1 aromatic heterocycles. The lowest BCUT2D eigenvalue weighted by Crippen LogP contribution is -2.22. The molecule has 0 spiro atoms. The zero-order valence-electron chi connectivity index (χ0n) is 9.92. The lowest BCUT2D eigenvalue weighted by atomic mass is 10.2. The lowest BCUT2D eigenvalue weighted by molar-refractivity contribution is 0.0697. The van der Waals surface area contributed by atoms with Gasteiger partial charge in [0.15, 0.2) is 0 Å². The molecule has 7 heteroatoms. The predicted octanol–water partition coefficient (Wildman–Crippen LogP) is 1.63. The summed E-state index contributed by atoms with van der Waals surface area (Å²) in [6.07, 6.45) is 1.43. The Hall–Kier alpha value is -2.34. The topological polar surface area (TPSA) is 84.2 Å². The van der Waals surface area contributed by atoms with Gasteiger partial charge in [0, 0.05) is 7.05 Å². The second kappa shape index (κ2) is 5.11. The van der Waals surface area contributed by atoms with E-state index in [-0.39, 0.29) is 10.6 Å². The molecule has 98 valence electrons. The Bertz CT molecular complexity index is 680. The SMILES string of the molecule is CNc1cnn(-c2ccc(C(=O)O)cc2)c(=O)c1Cl. The van der Waals surface area contributed by atoms with E-state index in [9.17, 15) is 9.59 Å². The Balaban J connectivity index is 2.51. The molecule has 2 aromatic rings. The average molecular weight is 280 g/mol. The van der Waals surface area contributed by atoms with E-state index in [1.165, 1.54) is 30.5 Å². The van der Waals surface area contributed by atoms with Crippen molar-refractivity contribution in [2.45, 2.75) is 0 Å². The zero-order chi connectivity index (χ0) is 14.0. The van der Waals surface area contributed by atoms with Crippen molar-refractivity contribution in [2.24, 2.45) is 0 Å². The van der Waals surface area contributed by atoms with E-state index < -0.39 is 11.5 Å². The van der Waals surface area contributed by atoms with Crippen LogP contribution in [0.4, 0.5) is 5.69 Å². The van der Waals surface area contributed by atoms with Crippen LogP contribution in [-0.2, 0) is 0 Å². The molecular weight excluding hydrogens is 270 g/mol. The summed E-state index contributed by atoms with van der Waals surface area (Å²) < 4.78 is 1.11. The molecule has 2 N–H and O–H groups in total. The van der Waals surface area contributed by atoms with Crippen LogP contribution in [0.2, 0.25) is 5.02 Å². The summed E-state index contributed by atoms with van der Waals surface area (Å²) in [5.74, 6) is -1.03. The highest BCUT2D eigenvalue weighted by Crippen LogP contribution is 2.15. The monoisotopic (exact) mass is 279 g/mol. The molecule has 0 aliphatic carbocycles. The van der Waals surface area contributed by atoms with Crippen molar-refractivity contribution in [3.05, 3.63) is 51.4 Å². The molecule has 0 amide bonds. The molecule has 6 nitrogen and oxygen atoms in total. The minimum atomic E-state index is -1.03. The Morgan fingerprint density at radius 2 is 2.00 bits per heavy atom. The van der Waals surface area contributed by atoms with Gasteiger partial charge in [-0.3, -0.25) is 4.79 Å². The van der Waals surface area contributed by atoms with Crippen molar-refractivity contribution >= 4 is 23.3 Å². The quantitative estimate of drug-likeness (QED) is 0.892. The highest BCUT2D eigenvalue weighted by molar-refractivity contribution is 6.32. The zero-order valence-corrected chi connectivity index (χ0v) is 10.7. The van der Waals surface area contributed by atoms with Crippen LogP contribution in [0.25, 0.3) is 5.69 Å². The van der Waals surface area contributed by atoms with Gasteiger partial charge >= 0.3 is 5.97 Å². The number of hydrogen-bond acceptors (Lipinski definition) is 4. The molecule has 1 heterocycles. The fourth-order valence-electron chi connectivity index (χ4n) is 1.54. The molecule has 0 radical (unpaired) electrons. The first kappa shape index (κ1) is 13.1. The molecule has 0 aliphatic rings. The Morgan fingerprint density at radius 1 is 1.37 bits per heavy atom. The van der Waals surface area contributed by atoms with Crippen LogP contribution in [-0.4, -0.2) is 27.9 Å². The summed E-state index contributed by atoms with van der Waals surface area (Å²) in [5.41, 5.74) is 0.538. The average Bonchev–Trinajstić information content (AvgIpc) is 2.42. The summed E-state index contributed by atoms with van der Waals surface area (Å²) in [5, 5.41) is 15.5. The van der Waals surface area contributed by atoms with Crippen LogP contribution < -0.4 is 10.9 Å². The number of halogens is 1. The van der Waals surface area contributed by atoms with Gasteiger partial charge in [-0.05, 0) is 24.3 Å². The third kappa shape index (κ3) is 2.43. The number of nitrogens with one attached hydrogen (secondary N) is 1. The molecule has 0 atom stereocenters. The number of anilines is 1. The number of aromatic carboxylic acids is 1. The molecule has 0 unspecified atom stereocenters. The maximum Gasteiger partial charge on any atom is 0.335 e. The molecule has 0 saturated carbocycles. The number of carboxylic acid groups (broad SMARTS) is 1. The molecule has 1 aromatic carbocycles. The van der Waals surface area contributed by atoms with E-state index >= 15 is 0 Å². The molecule has 0 aliphatic heterocycles. The fourth-order valence-corrected chi connectivity index (χ4v) is 1.76. The van der Waals surface area contributed by atoms with Crippen LogP contribution in [0, 0.1) is 0 Å². The smallest absolute Gasteiger partial charge is 0.335 e. The number of rotatable bonds is 3. The van der Waals surface area contributed by atoms with Gasteiger partial charge in [-0.25, -0.2) is 4.79 Å². The standard InChI is InChI=1S/C12H10ClN3O3/c1-14-9-6-15-16(11(17)10(9)13)8-4-2-7(3-5-8)12(18)19/h2-6,14H,1H3,(H,18,19). The third-order valence-electron chi connectivity index (χ3n) is 2.55. The molecule has 2 rings (SSSR count). The first-order chi connectivity index (χ1) is 9.04. The maximum atomic E-state index is 12.0. The van der Waals surface area contributed by atoms with Gasteiger partial charge in [0.05, 0.1) is 23.1 Å². The summed E-state index contributed by atoms with van der Waals surface area (Å²) >= 11 is 5.90. The van der Waals surface area contributed by atoms with Crippen LogP contribution in [0.5, 0.6) is 0 Å². The molecule has 19 heavy (non-hydrogen) atoms. The van der Waals surface area contributed by atoms with Crippen LogP contribution >= 0.6 is 11.6 Å². The summed E-state index contributed by atoms with van der Waals surface area (Å²) in [6.45, 7) is 0. The Labute approximate surface area is 113 Å². The Morgan fingerprint density at radius 3 is 2.53 bits per heavy atom. The normalized spacial score (nSPS) is 10.2. The predicted molar refractivity (Wildman–Crippen MR) is 71.4 cm³/mol. The number of aromatic nitrogens is 2. The minimum absolute atomic E-state index is 0.0276. The van der Waals surface area contributed by atoms with E-state index in [4.69, 9.17) is 16.7 Å². The number of benzene rings is 1. The number of carbonyl (C=O) groups is 1. The number of hydrogen-bond donors (Lipinski definition) is 2. The van der Waals surface area contributed by atoms with Gasteiger partial charge in [0.1, 0.15) is 5.02 Å². The minimum Gasteiger partial charge on any atom is -0.478 e. The van der Waals surface area contributed by atoms with Gasteiger partial charge in [0.2, 0.25) is 0 Å². The van der Waals surface area contributed by atoms with Gasteiger partial charge in [-0.1, -0.05) is 11.6 Å². The lowest BCUT2D eigenvalue weighted by Gasteiger charge is -2.07. The molecule has 0 fully saturated rings. The molecular formula is C12H10ClN3O3. The second-order valence-corrected chi connectivity index (χ2v) is 4.07. The van der Waals surface area contributed by atoms with Crippen LogP contribution in [0.1, 0.15) is 10.4 Å². The van der Waals surface area contributed by atoms with Gasteiger partial charge in [-0.15, -0.1) is 0 Å². The van der Waals surface area contributed by atoms with Gasteiger partial charge in [0.25, 0.3) is 5.56 Å². The van der Waals surface area contributed by atoms with Crippen molar-refractivity contribution in [1.82, 2.24) is 9.78 Å². The summed E-state index contributed by atoms with van der Waals surface area (Å²) in [7, 11) is 1.63. The van der Waals surface area contributed by atoms with Crippen molar-refractivity contribution in [1.29, 1.82) is 0 Å². The molecule has 0 saturated heterocycles. The third-order valence-corrected chi connectivity index (χ3v) is 2.91.